The zero-order valence-electron chi connectivity index (χ0n) is 11.3. The van der Waals surface area contributed by atoms with Gasteiger partial charge in [-0.3, -0.25) is 0 Å². The van der Waals surface area contributed by atoms with E-state index in [0.717, 1.165) is 44.1 Å². The van der Waals surface area contributed by atoms with Gasteiger partial charge in [0.25, 0.3) is 0 Å². The number of Topliss-reactive ketones (excluding diaryl/α,β-unsaturated/α-hetero) is 1. The van der Waals surface area contributed by atoms with Crippen molar-refractivity contribution in [1.82, 2.24) is 0 Å². The predicted molar refractivity (Wildman–Crippen MR) is 74.4 cm³/mol. The Hall–Kier alpha value is -1.15. The van der Waals surface area contributed by atoms with E-state index in [9.17, 15) is 9.90 Å². The van der Waals surface area contributed by atoms with Gasteiger partial charge in [0, 0.05) is 6.42 Å². The first-order valence-corrected chi connectivity index (χ1v) is 6.92. The van der Waals surface area contributed by atoms with Crippen molar-refractivity contribution in [3.05, 3.63) is 35.9 Å². The predicted octanol–water partition coefficient (Wildman–Crippen LogP) is 4.04. The monoisotopic (exact) mass is 248 g/mol. The Kier molecular flexibility index (Phi) is 7.35. The zero-order valence-corrected chi connectivity index (χ0v) is 11.3. The Morgan fingerprint density at radius 2 is 1.67 bits per heavy atom. The third kappa shape index (κ3) is 6.55. The standard InChI is InChI=1S/C16H24O2/c1-14(17)10-6-3-2-4-9-13-16(18)15-11-7-5-8-12-15/h5,7-8,11-12,16,18H,2-4,6,9-10,13H2,1H3/t16-/m0/s1. The topological polar surface area (TPSA) is 37.3 Å². The third-order valence-electron chi connectivity index (χ3n) is 3.19. The zero-order chi connectivity index (χ0) is 13.2. The largest absolute Gasteiger partial charge is 0.388 e. The van der Waals surface area contributed by atoms with Gasteiger partial charge in [0.2, 0.25) is 0 Å². The minimum atomic E-state index is -0.330. The molecule has 2 heteroatoms. The van der Waals surface area contributed by atoms with Crippen LogP contribution in [0, 0.1) is 0 Å². The maximum Gasteiger partial charge on any atom is 0.129 e. The van der Waals surface area contributed by atoms with Crippen molar-refractivity contribution in [2.45, 2.75) is 58.0 Å². The Morgan fingerprint density at radius 3 is 2.33 bits per heavy atom. The van der Waals surface area contributed by atoms with Crippen molar-refractivity contribution in [1.29, 1.82) is 0 Å². The number of rotatable bonds is 9. The maximum absolute atomic E-state index is 10.7. The lowest BCUT2D eigenvalue weighted by Crippen LogP contribution is -1.97. The molecule has 1 N–H and O–H groups in total. The Morgan fingerprint density at radius 1 is 1.06 bits per heavy atom. The van der Waals surface area contributed by atoms with E-state index in [1.807, 2.05) is 30.3 Å². The molecule has 0 bridgehead atoms. The van der Waals surface area contributed by atoms with Crippen molar-refractivity contribution < 1.29 is 9.90 Å². The van der Waals surface area contributed by atoms with Crippen molar-refractivity contribution in [2.24, 2.45) is 0 Å². The molecule has 0 aliphatic carbocycles. The quantitative estimate of drug-likeness (QED) is 0.670. The van der Waals surface area contributed by atoms with Crippen LogP contribution in [-0.4, -0.2) is 10.9 Å². The normalized spacial score (nSPS) is 12.3. The first-order chi connectivity index (χ1) is 8.70. The highest BCUT2D eigenvalue weighted by Gasteiger charge is 2.05. The van der Waals surface area contributed by atoms with Gasteiger partial charge < -0.3 is 9.90 Å². The second-order valence-corrected chi connectivity index (χ2v) is 4.93. The van der Waals surface area contributed by atoms with Gasteiger partial charge in [-0.05, 0) is 25.3 Å². The fraction of sp³-hybridized carbons (Fsp3) is 0.562. The highest BCUT2D eigenvalue weighted by Crippen LogP contribution is 2.19. The van der Waals surface area contributed by atoms with Gasteiger partial charge in [0.1, 0.15) is 5.78 Å². The lowest BCUT2D eigenvalue weighted by Gasteiger charge is -2.10. The van der Waals surface area contributed by atoms with Crippen LogP contribution in [0.25, 0.3) is 0 Å². The Balaban J connectivity index is 2.03. The Labute approximate surface area is 110 Å². The second-order valence-electron chi connectivity index (χ2n) is 4.93. The highest BCUT2D eigenvalue weighted by atomic mass is 16.3. The van der Waals surface area contributed by atoms with Crippen LogP contribution in [0.2, 0.25) is 0 Å². The van der Waals surface area contributed by atoms with E-state index in [-0.39, 0.29) is 11.9 Å². The highest BCUT2D eigenvalue weighted by molar-refractivity contribution is 5.75. The molecule has 0 spiro atoms. The van der Waals surface area contributed by atoms with Crippen LogP contribution in [0.1, 0.15) is 63.5 Å². The van der Waals surface area contributed by atoms with Crippen molar-refractivity contribution in [3.63, 3.8) is 0 Å². The van der Waals surface area contributed by atoms with Gasteiger partial charge in [-0.15, -0.1) is 0 Å². The smallest absolute Gasteiger partial charge is 0.129 e. The molecule has 1 atom stereocenters. The summed E-state index contributed by atoms with van der Waals surface area (Å²) in [5.74, 6) is 0.287. The number of benzene rings is 1. The molecule has 1 aromatic rings. The number of carbonyl (C=O) groups is 1. The second kappa shape index (κ2) is 8.87. The summed E-state index contributed by atoms with van der Waals surface area (Å²) in [6.07, 6.45) is 6.71. The molecule has 0 fully saturated rings. The molecule has 1 rings (SSSR count). The summed E-state index contributed by atoms with van der Waals surface area (Å²) in [5, 5.41) is 9.95. The molecule has 1 aromatic carbocycles. The number of hydrogen-bond donors (Lipinski definition) is 1. The number of hydrogen-bond acceptors (Lipinski definition) is 2. The Bertz CT molecular complexity index is 332. The summed E-state index contributed by atoms with van der Waals surface area (Å²) >= 11 is 0. The summed E-state index contributed by atoms with van der Waals surface area (Å²) in [6, 6.07) is 9.82. The van der Waals surface area contributed by atoms with E-state index in [1.165, 1.54) is 0 Å². The van der Waals surface area contributed by atoms with Gasteiger partial charge in [0.15, 0.2) is 0 Å². The molecule has 0 aliphatic rings. The molecule has 2 nitrogen and oxygen atoms in total. The first-order valence-electron chi connectivity index (χ1n) is 6.92. The summed E-state index contributed by atoms with van der Waals surface area (Å²) < 4.78 is 0. The summed E-state index contributed by atoms with van der Waals surface area (Å²) in [6.45, 7) is 1.65. The van der Waals surface area contributed by atoms with E-state index < -0.39 is 0 Å². The van der Waals surface area contributed by atoms with Crippen LogP contribution in [0.5, 0.6) is 0 Å². The lowest BCUT2D eigenvalue weighted by molar-refractivity contribution is -0.117. The number of carbonyl (C=O) groups excluding carboxylic acids is 1. The molecule has 18 heavy (non-hydrogen) atoms. The summed E-state index contributed by atoms with van der Waals surface area (Å²) in [4.78, 5) is 10.7. The summed E-state index contributed by atoms with van der Waals surface area (Å²) in [5.41, 5.74) is 1.01. The van der Waals surface area contributed by atoms with Crippen LogP contribution < -0.4 is 0 Å². The molecule has 0 amide bonds. The van der Waals surface area contributed by atoms with Gasteiger partial charge in [-0.2, -0.15) is 0 Å². The molecule has 0 aromatic heterocycles. The third-order valence-corrected chi connectivity index (χ3v) is 3.19. The molecular weight excluding hydrogens is 224 g/mol. The minimum absolute atomic E-state index is 0.287. The lowest BCUT2D eigenvalue weighted by atomic mass is 10.0. The van der Waals surface area contributed by atoms with Gasteiger partial charge in [-0.25, -0.2) is 0 Å². The molecule has 0 saturated heterocycles. The van der Waals surface area contributed by atoms with Gasteiger partial charge in [-0.1, -0.05) is 56.0 Å². The average Bonchev–Trinajstić information content (AvgIpc) is 2.38. The molecular formula is C16H24O2. The van der Waals surface area contributed by atoms with Crippen LogP contribution >= 0.6 is 0 Å². The maximum atomic E-state index is 10.7. The van der Waals surface area contributed by atoms with Crippen molar-refractivity contribution >= 4 is 5.78 Å². The van der Waals surface area contributed by atoms with E-state index >= 15 is 0 Å². The van der Waals surface area contributed by atoms with Crippen LogP contribution in [0.15, 0.2) is 30.3 Å². The number of aliphatic hydroxyl groups is 1. The number of unbranched alkanes of at least 4 members (excludes halogenated alkanes) is 4. The molecule has 100 valence electrons. The fourth-order valence-corrected chi connectivity index (χ4v) is 2.08. The molecule has 0 aliphatic heterocycles. The minimum Gasteiger partial charge on any atom is -0.388 e. The number of aliphatic hydroxyl groups excluding tert-OH is 1. The van der Waals surface area contributed by atoms with Crippen LogP contribution in [-0.2, 0) is 4.79 Å². The van der Waals surface area contributed by atoms with E-state index in [1.54, 1.807) is 6.92 Å². The van der Waals surface area contributed by atoms with E-state index in [2.05, 4.69) is 0 Å². The molecule has 0 saturated carbocycles. The SMILES string of the molecule is CC(=O)CCCCCCC[C@H](O)c1ccccc1. The van der Waals surface area contributed by atoms with E-state index in [4.69, 9.17) is 0 Å². The summed E-state index contributed by atoms with van der Waals surface area (Å²) in [7, 11) is 0. The van der Waals surface area contributed by atoms with Gasteiger partial charge >= 0.3 is 0 Å². The van der Waals surface area contributed by atoms with E-state index in [0.29, 0.717) is 6.42 Å². The van der Waals surface area contributed by atoms with Crippen LogP contribution in [0.4, 0.5) is 0 Å². The fourth-order valence-electron chi connectivity index (χ4n) is 2.08. The molecule has 0 unspecified atom stereocenters. The average molecular weight is 248 g/mol. The molecule has 0 radical (unpaired) electrons. The van der Waals surface area contributed by atoms with Gasteiger partial charge in [0.05, 0.1) is 6.10 Å². The molecule has 0 heterocycles. The van der Waals surface area contributed by atoms with Crippen LogP contribution in [0.3, 0.4) is 0 Å². The first kappa shape index (κ1) is 14.9. The van der Waals surface area contributed by atoms with Crippen molar-refractivity contribution in [3.8, 4) is 0 Å². The number of ketones is 1. The van der Waals surface area contributed by atoms with Crippen molar-refractivity contribution in [2.75, 3.05) is 0 Å².